The van der Waals surface area contributed by atoms with Gasteiger partial charge in [-0.1, -0.05) is 20.8 Å². The molecule has 2 aromatic rings. The molecule has 2 rings (SSSR count). The van der Waals surface area contributed by atoms with Crippen molar-refractivity contribution < 1.29 is 9.53 Å². The Hall–Kier alpha value is -2.57. The molecule has 2 aromatic heterocycles. The van der Waals surface area contributed by atoms with Crippen molar-refractivity contribution in [3.8, 4) is 5.88 Å². The molecule has 1 atom stereocenters. The van der Waals surface area contributed by atoms with Gasteiger partial charge in [0.25, 0.3) is 0 Å². The van der Waals surface area contributed by atoms with Crippen LogP contribution in [0.2, 0.25) is 0 Å². The first-order chi connectivity index (χ1) is 11.4. The van der Waals surface area contributed by atoms with Gasteiger partial charge < -0.3 is 19.9 Å². The minimum absolute atomic E-state index is 0.0704. The highest BCUT2D eigenvalue weighted by Gasteiger charge is 2.27. The molecular weight excluding hydrogens is 306 g/mol. The van der Waals surface area contributed by atoms with Crippen molar-refractivity contribution in [2.75, 3.05) is 11.9 Å². The molecule has 0 aliphatic carbocycles. The third-order valence-electron chi connectivity index (χ3n) is 3.60. The van der Waals surface area contributed by atoms with Gasteiger partial charge in [-0.15, -0.1) is 0 Å². The molecule has 0 bridgehead atoms. The Bertz CT molecular complexity index is 649. The van der Waals surface area contributed by atoms with Crippen LogP contribution in [-0.2, 0) is 6.54 Å². The van der Waals surface area contributed by atoms with E-state index in [2.05, 4.69) is 41.4 Å². The van der Waals surface area contributed by atoms with Crippen molar-refractivity contribution in [3.05, 3.63) is 37.1 Å². The van der Waals surface area contributed by atoms with Gasteiger partial charge in [-0.05, 0) is 24.5 Å². The first-order valence-electron chi connectivity index (χ1n) is 8.01. The zero-order valence-corrected chi connectivity index (χ0v) is 14.6. The summed E-state index contributed by atoms with van der Waals surface area (Å²) < 4.78 is 7.38. The van der Waals surface area contributed by atoms with Crippen LogP contribution in [-0.4, -0.2) is 33.2 Å². The Labute approximate surface area is 142 Å². The molecule has 0 fully saturated rings. The first-order valence-corrected chi connectivity index (χ1v) is 8.01. The fourth-order valence-corrected chi connectivity index (χ4v) is 2.20. The van der Waals surface area contributed by atoms with Crippen LogP contribution in [0.15, 0.2) is 37.1 Å². The number of nitrogens with zero attached hydrogens (tertiary/aromatic N) is 3. The van der Waals surface area contributed by atoms with Gasteiger partial charge in [-0.25, -0.2) is 14.8 Å². The van der Waals surface area contributed by atoms with E-state index in [4.69, 9.17) is 4.74 Å². The summed E-state index contributed by atoms with van der Waals surface area (Å²) in [6.45, 7) is 9.26. The minimum atomic E-state index is -0.288. The number of anilines is 1. The van der Waals surface area contributed by atoms with Crippen LogP contribution in [0.3, 0.4) is 0 Å². The summed E-state index contributed by atoms with van der Waals surface area (Å²) in [5.41, 5.74) is 0.436. The van der Waals surface area contributed by atoms with E-state index in [0.29, 0.717) is 24.7 Å². The quantitative estimate of drug-likeness (QED) is 0.853. The number of hydrogen-bond acceptors (Lipinski definition) is 4. The molecule has 24 heavy (non-hydrogen) atoms. The third-order valence-corrected chi connectivity index (χ3v) is 3.60. The largest absolute Gasteiger partial charge is 0.476 e. The lowest BCUT2D eigenvalue weighted by Gasteiger charge is -2.31. The lowest BCUT2D eigenvalue weighted by Crippen LogP contribution is -2.47. The van der Waals surface area contributed by atoms with E-state index >= 15 is 0 Å². The molecule has 0 spiro atoms. The number of nitrogens with one attached hydrogen (secondary N) is 2. The molecule has 0 saturated heterocycles. The molecule has 0 saturated carbocycles. The SMILES string of the molecule is CCOc1ncccc1NC(=O)N[C@@H](Cn1ccnc1)C(C)(C)C. The van der Waals surface area contributed by atoms with Crippen LogP contribution >= 0.6 is 0 Å². The number of imidazole rings is 1. The highest BCUT2D eigenvalue weighted by molar-refractivity contribution is 5.90. The van der Waals surface area contributed by atoms with Crippen LogP contribution in [0.25, 0.3) is 0 Å². The van der Waals surface area contributed by atoms with E-state index in [1.807, 2.05) is 17.7 Å². The Kier molecular flexibility index (Phi) is 5.78. The molecule has 0 unspecified atom stereocenters. The topological polar surface area (TPSA) is 81.1 Å². The summed E-state index contributed by atoms with van der Waals surface area (Å²) in [5, 5.41) is 5.85. The summed E-state index contributed by atoms with van der Waals surface area (Å²) in [5.74, 6) is 0.414. The van der Waals surface area contributed by atoms with E-state index in [1.54, 1.807) is 30.9 Å². The van der Waals surface area contributed by atoms with E-state index in [9.17, 15) is 4.79 Å². The molecule has 7 nitrogen and oxygen atoms in total. The molecule has 0 aliphatic rings. The van der Waals surface area contributed by atoms with Gasteiger partial charge in [0.1, 0.15) is 5.69 Å². The Balaban J connectivity index is 2.05. The van der Waals surface area contributed by atoms with Crippen LogP contribution in [0.1, 0.15) is 27.7 Å². The Morgan fingerprint density at radius 1 is 1.38 bits per heavy atom. The zero-order chi connectivity index (χ0) is 17.6. The van der Waals surface area contributed by atoms with Crippen LogP contribution in [0.4, 0.5) is 10.5 Å². The van der Waals surface area contributed by atoms with Crippen molar-refractivity contribution >= 4 is 11.7 Å². The maximum absolute atomic E-state index is 12.4. The number of urea groups is 1. The second kappa shape index (κ2) is 7.81. The van der Waals surface area contributed by atoms with Crippen molar-refractivity contribution in [1.29, 1.82) is 0 Å². The summed E-state index contributed by atoms with van der Waals surface area (Å²) in [6, 6.07) is 3.16. The second-order valence-corrected chi connectivity index (χ2v) is 6.57. The van der Waals surface area contributed by atoms with Gasteiger partial charge in [0.05, 0.1) is 19.0 Å². The van der Waals surface area contributed by atoms with Gasteiger partial charge >= 0.3 is 6.03 Å². The van der Waals surface area contributed by atoms with Crippen LogP contribution in [0.5, 0.6) is 5.88 Å². The van der Waals surface area contributed by atoms with Gasteiger partial charge in [0.15, 0.2) is 0 Å². The number of ether oxygens (including phenoxy) is 1. The summed E-state index contributed by atoms with van der Waals surface area (Å²) in [6.07, 6.45) is 6.98. The molecule has 0 aromatic carbocycles. The standard InChI is InChI=1S/C17H25N5O2/c1-5-24-15-13(7-6-8-19-15)20-16(23)21-14(17(2,3)4)11-22-10-9-18-12-22/h6-10,12,14H,5,11H2,1-4H3,(H2,20,21,23)/t14-/m0/s1. The second-order valence-electron chi connectivity index (χ2n) is 6.57. The average Bonchev–Trinajstić information content (AvgIpc) is 3.01. The van der Waals surface area contributed by atoms with E-state index in [-0.39, 0.29) is 17.5 Å². The summed E-state index contributed by atoms with van der Waals surface area (Å²) >= 11 is 0. The number of aromatic nitrogens is 3. The number of carbonyl (C=O) groups is 1. The molecule has 2 amide bonds. The smallest absolute Gasteiger partial charge is 0.319 e. The molecule has 0 radical (unpaired) electrons. The minimum Gasteiger partial charge on any atom is -0.476 e. The van der Waals surface area contributed by atoms with Crippen molar-refractivity contribution in [2.24, 2.45) is 5.41 Å². The van der Waals surface area contributed by atoms with Gasteiger partial charge in [-0.3, -0.25) is 0 Å². The molecule has 2 heterocycles. The predicted molar refractivity (Wildman–Crippen MR) is 93.0 cm³/mol. The van der Waals surface area contributed by atoms with Gasteiger partial charge in [0.2, 0.25) is 5.88 Å². The monoisotopic (exact) mass is 331 g/mol. The van der Waals surface area contributed by atoms with Gasteiger partial charge in [-0.2, -0.15) is 0 Å². The van der Waals surface area contributed by atoms with Crippen molar-refractivity contribution in [2.45, 2.75) is 40.3 Å². The predicted octanol–water partition coefficient (Wildman–Crippen LogP) is 2.91. The van der Waals surface area contributed by atoms with Crippen LogP contribution < -0.4 is 15.4 Å². The molecule has 2 N–H and O–H groups in total. The molecule has 7 heteroatoms. The maximum Gasteiger partial charge on any atom is 0.319 e. The van der Waals surface area contributed by atoms with Crippen molar-refractivity contribution in [1.82, 2.24) is 19.9 Å². The first kappa shape index (κ1) is 17.8. The van der Waals surface area contributed by atoms with E-state index in [0.717, 1.165) is 0 Å². The van der Waals surface area contributed by atoms with Crippen molar-refractivity contribution in [3.63, 3.8) is 0 Å². The zero-order valence-electron chi connectivity index (χ0n) is 14.6. The fourth-order valence-electron chi connectivity index (χ4n) is 2.20. The normalized spacial score (nSPS) is 12.5. The highest BCUT2D eigenvalue weighted by atomic mass is 16.5. The van der Waals surface area contributed by atoms with Gasteiger partial charge in [0, 0.05) is 25.1 Å². The Morgan fingerprint density at radius 3 is 2.79 bits per heavy atom. The third kappa shape index (κ3) is 4.97. The summed E-state index contributed by atoms with van der Waals surface area (Å²) in [7, 11) is 0. The molecule has 130 valence electrons. The van der Waals surface area contributed by atoms with E-state index < -0.39 is 0 Å². The van der Waals surface area contributed by atoms with Crippen LogP contribution in [0, 0.1) is 5.41 Å². The maximum atomic E-state index is 12.4. The lowest BCUT2D eigenvalue weighted by atomic mass is 9.86. The van der Waals surface area contributed by atoms with E-state index in [1.165, 1.54) is 0 Å². The lowest BCUT2D eigenvalue weighted by molar-refractivity contribution is 0.218. The fraction of sp³-hybridized carbons (Fsp3) is 0.471. The average molecular weight is 331 g/mol. The summed E-state index contributed by atoms with van der Waals surface area (Å²) in [4.78, 5) is 20.6. The Morgan fingerprint density at radius 2 is 2.17 bits per heavy atom. The molecular formula is C17H25N5O2. The highest BCUT2D eigenvalue weighted by Crippen LogP contribution is 2.23. The number of hydrogen-bond donors (Lipinski definition) is 2. The number of pyridine rings is 1. The molecule has 0 aliphatic heterocycles. The number of amides is 2. The number of carbonyl (C=O) groups excluding carboxylic acids is 1. The number of rotatable bonds is 6.